The molecule has 0 spiro atoms. The molecule has 3 aromatic rings. The van der Waals surface area contributed by atoms with Crippen molar-refractivity contribution in [1.82, 2.24) is 0 Å². The third-order valence-electron chi connectivity index (χ3n) is 4.31. The zero-order valence-corrected chi connectivity index (χ0v) is 15.9. The van der Waals surface area contributed by atoms with Gasteiger partial charge in [0.25, 0.3) is 11.8 Å². The quantitative estimate of drug-likeness (QED) is 0.573. The number of aliphatic hydroxyl groups is 1. The summed E-state index contributed by atoms with van der Waals surface area (Å²) in [6.45, 7) is 1.67. The summed E-state index contributed by atoms with van der Waals surface area (Å²) >= 11 is 0. The van der Waals surface area contributed by atoms with Crippen molar-refractivity contribution in [1.29, 1.82) is 0 Å². The molecule has 3 aromatic carbocycles. The number of amides is 2. The third kappa shape index (κ3) is 4.61. The van der Waals surface area contributed by atoms with Gasteiger partial charge in [-0.25, -0.2) is 8.78 Å². The Morgan fingerprint density at radius 1 is 1.03 bits per heavy atom. The average molecular weight is 412 g/mol. The largest absolute Gasteiger partial charge is 0.456 e. The second kappa shape index (κ2) is 8.71. The first-order chi connectivity index (χ1) is 14.3. The van der Waals surface area contributed by atoms with Crippen LogP contribution in [0.25, 0.3) is 0 Å². The van der Waals surface area contributed by atoms with Gasteiger partial charge in [0.15, 0.2) is 6.10 Å². The molecule has 3 rings (SSSR count). The number of rotatable bonds is 6. The number of primary amides is 1. The highest BCUT2D eigenvalue weighted by Gasteiger charge is 2.20. The number of nitrogens with one attached hydrogen (secondary N) is 1. The molecule has 154 valence electrons. The molecule has 0 heterocycles. The molecular weight excluding hydrogens is 394 g/mol. The average Bonchev–Trinajstić information content (AvgIpc) is 2.71. The molecule has 1 unspecified atom stereocenters. The molecule has 30 heavy (non-hydrogen) atoms. The summed E-state index contributed by atoms with van der Waals surface area (Å²) in [5, 5.41) is 12.3. The smallest absolute Gasteiger partial charge is 0.259 e. The van der Waals surface area contributed by atoms with Gasteiger partial charge in [0, 0.05) is 11.3 Å². The maximum absolute atomic E-state index is 13.9. The summed E-state index contributed by atoms with van der Waals surface area (Å²) in [7, 11) is 0. The van der Waals surface area contributed by atoms with Gasteiger partial charge in [0.2, 0.25) is 0 Å². The maximum Gasteiger partial charge on any atom is 0.259 e. The van der Waals surface area contributed by atoms with Crippen LogP contribution < -0.4 is 15.8 Å². The first kappa shape index (κ1) is 20.9. The number of anilines is 1. The fraction of sp³-hybridized carbons (Fsp3) is 0.0909. The molecular formula is C22H18F2N2O4. The van der Waals surface area contributed by atoms with Crippen LogP contribution in [0.3, 0.4) is 0 Å². The number of halogens is 2. The van der Waals surface area contributed by atoms with Crippen LogP contribution in [0, 0.1) is 18.6 Å². The maximum atomic E-state index is 13.9. The van der Waals surface area contributed by atoms with Crippen LogP contribution in [0.4, 0.5) is 14.5 Å². The minimum absolute atomic E-state index is 0.143. The zero-order chi connectivity index (χ0) is 21.8. The lowest BCUT2D eigenvalue weighted by Gasteiger charge is -2.14. The molecule has 0 aliphatic carbocycles. The van der Waals surface area contributed by atoms with Crippen molar-refractivity contribution in [2.45, 2.75) is 13.0 Å². The van der Waals surface area contributed by atoms with Crippen molar-refractivity contribution >= 4 is 17.5 Å². The Morgan fingerprint density at radius 2 is 1.77 bits per heavy atom. The van der Waals surface area contributed by atoms with Crippen molar-refractivity contribution in [3.05, 3.63) is 89.0 Å². The molecule has 0 saturated carbocycles. The standard InChI is InChI=1S/C22H18F2N2O4/c1-12-10-13(23)6-9-18(12)30-19-5-3-2-4-15(19)22(29)26-14-7-8-17(24)16(11-14)20(27)21(25)28/h2-11,20,27H,1H3,(H2,25,28)(H,26,29). The lowest BCUT2D eigenvalue weighted by atomic mass is 10.1. The second-order valence-corrected chi connectivity index (χ2v) is 6.50. The van der Waals surface area contributed by atoms with Crippen LogP contribution >= 0.6 is 0 Å². The minimum Gasteiger partial charge on any atom is -0.456 e. The number of nitrogens with two attached hydrogens (primary N) is 1. The zero-order valence-electron chi connectivity index (χ0n) is 15.9. The monoisotopic (exact) mass is 412 g/mol. The summed E-state index contributed by atoms with van der Waals surface area (Å²) in [5.74, 6) is -2.33. The molecule has 0 saturated heterocycles. The van der Waals surface area contributed by atoms with E-state index in [1.54, 1.807) is 25.1 Å². The normalized spacial score (nSPS) is 11.6. The summed E-state index contributed by atoms with van der Waals surface area (Å²) in [6.07, 6.45) is -1.85. The van der Waals surface area contributed by atoms with Crippen molar-refractivity contribution < 1.29 is 28.2 Å². The number of carbonyl (C=O) groups excluding carboxylic acids is 2. The van der Waals surface area contributed by atoms with E-state index in [0.717, 1.165) is 12.1 Å². The van der Waals surface area contributed by atoms with Gasteiger partial charge >= 0.3 is 0 Å². The second-order valence-electron chi connectivity index (χ2n) is 6.50. The van der Waals surface area contributed by atoms with Crippen molar-refractivity contribution in [2.75, 3.05) is 5.32 Å². The van der Waals surface area contributed by atoms with Crippen LogP contribution in [0.15, 0.2) is 60.7 Å². The molecule has 4 N–H and O–H groups in total. The van der Waals surface area contributed by atoms with Gasteiger partial charge in [0.05, 0.1) is 5.56 Å². The summed E-state index contributed by atoms with van der Waals surface area (Å²) in [6, 6.07) is 13.8. The number of hydrogen-bond donors (Lipinski definition) is 3. The van der Waals surface area contributed by atoms with E-state index in [4.69, 9.17) is 10.5 Å². The number of aryl methyl sites for hydroxylation is 1. The number of carbonyl (C=O) groups is 2. The predicted octanol–water partition coefficient (Wildman–Crippen LogP) is 3.84. The Balaban J connectivity index is 1.86. The Morgan fingerprint density at radius 3 is 2.47 bits per heavy atom. The lowest BCUT2D eigenvalue weighted by molar-refractivity contribution is -0.126. The molecule has 0 radical (unpaired) electrons. The van der Waals surface area contributed by atoms with E-state index in [0.29, 0.717) is 11.3 Å². The minimum atomic E-state index is -1.85. The number of aliphatic hydroxyl groups excluding tert-OH is 1. The molecule has 1 atom stereocenters. The molecule has 0 aliphatic rings. The lowest BCUT2D eigenvalue weighted by Crippen LogP contribution is -2.22. The fourth-order valence-corrected chi connectivity index (χ4v) is 2.77. The summed E-state index contributed by atoms with van der Waals surface area (Å²) in [4.78, 5) is 23.9. The van der Waals surface area contributed by atoms with E-state index in [1.807, 2.05) is 0 Å². The van der Waals surface area contributed by atoms with Gasteiger partial charge in [-0.05, 0) is 61.0 Å². The Bertz CT molecular complexity index is 1120. The van der Waals surface area contributed by atoms with Gasteiger partial charge in [0.1, 0.15) is 23.1 Å². The summed E-state index contributed by atoms with van der Waals surface area (Å²) in [5.41, 5.74) is 5.52. The highest BCUT2D eigenvalue weighted by atomic mass is 19.1. The van der Waals surface area contributed by atoms with Gasteiger partial charge in [-0.15, -0.1) is 0 Å². The van der Waals surface area contributed by atoms with Gasteiger partial charge in [-0.3, -0.25) is 9.59 Å². The highest BCUT2D eigenvalue weighted by molar-refractivity contribution is 6.06. The topological polar surface area (TPSA) is 102 Å². The van der Waals surface area contributed by atoms with Gasteiger partial charge in [-0.2, -0.15) is 0 Å². The molecule has 0 aliphatic heterocycles. The van der Waals surface area contributed by atoms with Crippen LogP contribution in [-0.2, 0) is 4.79 Å². The van der Waals surface area contributed by atoms with E-state index in [2.05, 4.69) is 5.32 Å². The van der Waals surface area contributed by atoms with Crippen molar-refractivity contribution in [3.8, 4) is 11.5 Å². The van der Waals surface area contributed by atoms with Crippen LogP contribution in [0.2, 0.25) is 0 Å². The third-order valence-corrected chi connectivity index (χ3v) is 4.31. The van der Waals surface area contributed by atoms with Crippen molar-refractivity contribution in [3.63, 3.8) is 0 Å². The Kier molecular flexibility index (Phi) is 6.08. The van der Waals surface area contributed by atoms with E-state index >= 15 is 0 Å². The molecule has 0 aromatic heterocycles. The van der Waals surface area contributed by atoms with Crippen molar-refractivity contribution in [2.24, 2.45) is 5.73 Å². The van der Waals surface area contributed by atoms with Crippen LogP contribution in [0.1, 0.15) is 27.6 Å². The first-order valence-corrected chi connectivity index (χ1v) is 8.87. The van der Waals surface area contributed by atoms with E-state index in [-0.39, 0.29) is 22.6 Å². The highest BCUT2D eigenvalue weighted by Crippen LogP contribution is 2.29. The Hall–Kier alpha value is -3.78. The van der Waals surface area contributed by atoms with Crippen LogP contribution in [-0.4, -0.2) is 16.9 Å². The molecule has 0 bridgehead atoms. The van der Waals surface area contributed by atoms with Gasteiger partial charge in [-0.1, -0.05) is 12.1 Å². The van der Waals surface area contributed by atoms with Crippen LogP contribution in [0.5, 0.6) is 11.5 Å². The van der Waals surface area contributed by atoms with Gasteiger partial charge < -0.3 is 20.9 Å². The Labute approximate surface area is 170 Å². The first-order valence-electron chi connectivity index (χ1n) is 8.87. The van der Waals surface area contributed by atoms with E-state index in [9.17, 15) is 23.5 Å². The molecule has 6 nitrogen and oxygen atoms in total. The predicted molar refractivity (Wildman–Crippen MR) is 106 cm³/mol. The summed E-state index contributed by atoms with van der Waals surface area (Å²) < 4.78 is 33.0. The number of ether oxygens (including phenoxy) is 1. The molecule has 8 heteroatoms. The number of para-hydroxylation sites is 1. The SMILES string of the molecule is Cc1cc(F)ccc1Oc1ccccc1C(=O)Nc1ccc(F)c(C(O)C(N)=O)c1. The fourth-order valence-electron chi connectivity index (χ4n) is 2.77. The molecule has 0 fully saturated rings. The molecule has 2 amide bonds. The number of hydrogen-bond acceptors (Lipinski definition) is 4. The number of benzene rings is 3. The van der Waals surface area contributed by atoms with E-state index < -0.39 is 29.6 Å². The van der Waals surface area contributed by atoms with E-state index in [1.165, 1.54) is 30.3 Å².